The van der Waals surface area contributed by atoms with Crippen LogP contribution in [-0.2, 0) is 5.41 Å². The molecule has 142 valence electrons. The molecule has 1 amide bonds. The zero-order valence-corrected chi connectivity index (χ0v) is 15.6. The highest BCUT2D eigenvalue weighted by Gasteiger charge is 2.22. The molecule has 1 heterocycles. The van der Waals surface area contributed by atoms with E-state index in [1.54, 1.807) is 35.0 Å². The van der Waals surface area contributed by atoms with Crippen molar-refractivity contribution in [3.63, 3.8) is 0 Å². The van der Waals surface area contributed by atoms with Crippen molar-refractivity contribution in [2.75, 3.05) is 5.32 Å². The molecule has 1 N–H and O–H groups in total. The number of nitrogens with one attached hydrogen (secondary N) is 1. The molecule has 0 saturated heterocycles. The average molecular weight is 380 g/mol. The Morgan fingerprint density at radius 1 is 1.07 bits per heavy atom. The molecule has 0 radical (unpaired) electrons. The van der Waals surface area contributed by atoms with Crippen molar-refractivity contribution in [1.29, 1.82) is 5.26 Å². The molecule has 0 spiro atoms. The number of nitriles is 1. The first-order valence-electron chi connectivity index (χ1n) is 8.56. The molecule has 0 fully saturated rings. The van der Waals surface area contributed by atoms with E-state index in [-0.39, 0.29) is 11.0 Å². The third-order valence-corrected chi connectivity index (χ3v) is 4.14. The van der Waals surface area contributed by atoms with Gasteiger partial charge in [-0.3, -0.25) is 4.79 Å². The minimum absolute atomic E-state index is 0.0104. The molecule has 28 heavy (non-hydrogen) atoms. The molecular formula is C21H18F2N4O. The third-order valence-electron chi connectivity index (χ3n) is 4.14. The SMILES string of the molecule is CC(C)(C)c1cc(NC(=O)c2ccc(F)c(F)c2)n(-c2ccc(C#N)cc2)n1. The maximum Gasteiger partial charge on any atom is 0.256 e. The Bertz CT molecular complexity index is 1070. The van der Waals surface area contributed by atoms with Crippen LogP contribution < -0.4 is 5.32 Å². The van der Waals surface area contributed by atoms with E-state index >= 15 is 0 Å². The number of amides is 1. The largest absolute Gasteiger partial charge is 0.306 e. The van der Waals surface area contributed by atoms with E-state index in [0.717, 1.165) is 17.8 Å². The molecule has 3 rings (SSSR count). The maximum absolute atomic E-state index is 13.5. The average Bonchev–Trinajstić information content (AvgIpc) is 3.08. The number of aromatic nitrogens is 2. The van der Waals surface area contributed by atoms with Crippen molar-refractivity contribution in [1.82, 2.24) is 9.78 Å². The van der Waals surface area contributed by atoms with Crippen LogP contribution in [0.2, 0.25) is 0 Å². The number of anilines is 1. The van der Waals surface area contributed by atoms with Crippen LogP contribution in [0, 0.1) is 23.0 Å². The number of halogens is 2. The maximum atomic E-state index is 13.5. The van der Waals surface area contributed by atoms with E-state index in [1.807, 2.05) is 26.8 Å². The van der Waals surface area contributed by atoms with Gasteiger partial charge in [-0.15, -0.1) is 0 Å². The fraction of sp³-hybridized carbons (Fsp3) is 0.190. The quantitative estimate of drug-likeness (QED) is 0.723. The molecule has 0 atom stereocenters. The second-order valence-corrected chi connectivity index (χ2v) is 7.32. The van der Waals surface area contributed by atoms with Gasteiger partial charge in [-0.25, -0.2) is 13.5 Å². The van der Waals surface area contributed by atoms with Crippen LogP contribution in [0.25, 0.3) is 5.69 Å². The van der Waals surface area contributed by atoms with Gasteiger partial charge in [-0.1, -0.05) is 20.8 Å². The number of carbonyl (C=O) groups is 1. The highest BCUT2D eigenvalue weighted by atomic mass is 19.2. The fourth-order valence-electron chi connectivity index (χ4n) is 2.54. The first kappa shape index (κ1) is 19.2. The van der Waals surface area contributed by atoms with Crippen molar-refractivity contribution in [3.8, 4) is 11.8 Å². The van der Waals surface area contributed by atoms with Gasteiger partial charge in [0, 0.05) is 17.0 Å². The molecule has 0 bridgehead atoms. The Balaban J connectivity index is 2.00. The number of hydrogen-bond acceptors (Lipinski definition) is 3. The predicted octanol–water partition coefficient (Wildman–Crippen LogP) is 4.57. The van der Waals surface area contributed by atoms with Gasteiger partial charge < -0.3 is 5.32 Å². The first-order chi connectivity index (χ1) is 13.2. The Kier molecular flexibility index (Phi) is 4.97. The number of carbonyl (C=O) groups excluding carboxylic acids is 1. The third kappa shape index (κ3) is 3.91. The lowest BCUT2D eigenvalue weighted by Gasteiger charge is -2.14. The molecule has 0 aliphatic rings. The molecule has 0 saturated carbocycles. The highest BCUT2D eigenvalue weighted by Crippen LogP contribution is 2.27. The number of nitrogens with zero attached hydrogens (tertiary/aromatic N) is 3. The smallest absolute Gasteiger partial charge is 0.256 e. The van der Waals surface area contributed by atoms with Crippen LogP contribution in [0.3, 0.4) is 0 Å². The summed E-state index contributed by atoms with van der Waals surface area (Å²) in [6, 6.07) is 13.5. The van der Waals surface area contributed by atoms with Gasteiger partial charge in [0.05, 0.1) is 23.0 Å². The fourth-order valence-corrected chi connectivity index (χ4v) is 2.54. The van der Waals surface area contributed by atoms with Crippen molar-refractivity contribution in [2.45, 2.75) is 26.2 Å². The number of benzene rings is 2. The monoisotopic (exact) mass is 380 g/mol. The predicted molar refractivity (Wildman–Crippen MR) is 101 cm³/mol. The van der Waals surface area contributed by atoms with Gasteiger partial charge in [-0.05, 0) is 42.5 Å². The summed E-state index contributed by atoms with van der Waals surface area (Å²) in [6.07, 6.45) is 0. The zero-order chi connectivity index (χ0) is 20.5. The van der Waals surface area contributed by atoms with Gasteiger partial charge in [0.15, 0.2) is 11.6 Å². The number of hydrogen-bond donors (Lipinski definition) is 1. The van der Waals surface area contributed by atoms with E-state index in [9.17, 15) is 13.6 Å². The van der Waals surface area contributed by atoms with Gasteiger partial charge >= 0.3 is 0 Å². The summed E-state index contributed by atoms with van der Waals surface area (Å²) >= 11 is 0. The molecule has 0 unspecified atom stereocenters. The minimum atomic E-state index is -1.09. The second-order valence-electron chi connectivity index (χ2n) is 7.32. The van der Waals surface area contributed by atoms with Crippen molar-refractivity contribution in [2.24, 2.45) is 0 Å². The molecule has 1 aromatic heterocycles. The lowest BCUT2D eigenvalue weighted by Crippen LogP contribution is -2.15. The minimum Gasteiger partial charge on any atom is -0.306 e. The summed E-state index contributed by atoms with van der Waals surface area (Å²) in [6.45, 7) is 5.96. The molecule has 2 aromatic carbocycles. The van der Waals surface area contributed by atoms with Gasteiger partial charge in [-0.2, -0.15) is 10.4 Å². The summed E-state index contributed by atoms with van der Waals surface area (Å²) < 4.78 is 28.1. The molecule has 0 aliphatic carbocycles. The summed E-state index contributed by atoms with van der Waals surface area (Å²) in [5, 5.41) is 16.2. The van der Waals surface area contributed by atoms with Crippen LogP contribution in [0.4, 0.5) is 14.6 Å². The van der Waals surface area contributed by atoms with Crippen LogP contribution in [0.15, 0.2) is 48.5 Å². The molecule has 0 aliphatic heterocycles. The van der Waals surface area contributed by atoms with E-state index in [1.165, 1.54) is 6.07 Å². The molecule has 3 aromatic rings. The Morgan fingerprint density at radius 3 is 2.32 bits per heavy atom. The van der Waals surface area contributed by atoms with Gasteiger partial charge in [0.25, 0.3) is 5.91 Å². The molecular weight excluding hydrogens is 362 g/mol. The van der Waals surface area contributed by atoms with Crippen molar-refractivity contribution < 1.29 is 13.6 Å². The highest BCUT2D eigenvalue weighted by molar-refractivity contribution is 6.04. The Morgan fingerprint density at radius 2 is 1.75 bits per heavy atom. The van der Waals surface area contributed by atoms with Crippen molar-refractivity contribution >= 4 is 11.7 Å². The van der Waals surface area contributed by atoms with E-state index in [0.29, 0.717) is 17.1 Å². The van der Waals surface area contributed by atoms with Crippen LogP contribution in [0.5, 0.6) is 0 Å². The standard InChI is InChI=1S/C21H18F2N4O/c1-21(2,3)18-11-19(25-20(28)14-6-9-16(22)17(23)10-14)27(26-18)15-7-4-13(12-24)5-8-15/h4-11H,1-3H3,(H,25,28). The molecule has 7 heteroatoms. The van der Waals surface area contributed by atoms with E-state index < -0.39 is 17.5 Å². The summed E-state index contributed by atoms with van der Waals surface area (Å²) in [5.74, 6) is -2.32. The zero-order valence-electron chi connectivity index (χ0n) is 15.6. The summed E-state index contributed by atoms with van der Waals surface area (Å²) in [5.41, 5.74) is 1.59. The lowest BCUT2D eigenvalue weighted by molar-refractivity contribution is 0.102. The molecule has 5 nitrogen and oxygen atoms in total. The van der Waals surface area contributed by atoms with Crippen LogP contribution in [-0.4, -0.2) is 15.7 Å². The van der Waals surface area contributed by atoms with Crippen LogP contribution >= 0.6 is 0 Å². The Hall–Kier alpha value is -3.53. The normalized spacial score (nSPS) is 11.1. The van der Waals surface area contributed by atoms with Crippen molar-refractivity contribution in [3.05, 3.63) is 77.0 Å². The lowest BCUT2D eigenvalue weighted by atomic mass is 9.92. The van der Waals surface area contributed by atoms with Gasteiger partial charge in [0.2, 0.25) is 0 Å². The first-order valence-corrected chi connectivity index (χ1v) is 8.56. The Labute approximate surface area is 161 Å². The van der Waals surface area contributed by atoms with E-state index in [4.69, 9.17) is 5.26 Å². The van der Waals surface area contributed by atoms with Crippen LogP contribution in [0.1, 0.15) is 42.4 Å². The second kappa shape index (κ2) is 7.24. The topological polar surface area (TPSA) is 70.7 Å². The van der Waals surface area contributed by atoms with E-state index in [2.05, 4.69) is 10.4 Å². The summed E-state index contributed by atoms with van der Waals surface area (Å²) in [7, 11) is 0. The summed E-state index contributed by atoms with van der Waals surface area (Å²) in [4.78, 5) is 12.5. The van der Waals surface area contributed by atoms with Gasteiger partial charge in [0.1, 0.15) is 5.82 Å². The number of rotatable bonds is 3.